The van der Waals surface area contributed by atoms with Crippen LogP contribution in [0.2, 0.25) is 0 Å². The van der Waals surface area contributed by atoms with E-state index < -0.39 is 95.7 Å². The van der Waals surface area contributed by atoms with E-state index in [1.165, 1.54) is 14.7 Å². The Kier molecular flexibility index (Phi) is 19.6. The zero-order valence-electron chi connectivity index (χ0n) is 37.9. The molecule has 8 atom stereocenters. The molecule has 0 aromatic heterocycles. The molecule has 0 aliphatic carbocycles. The SMILES string of the molecule is CC(C)C[C@H](NC(=O)[C@@H]1CCCN1C(=O)[C@@H]1CCCN1C(=O)[C@H](CC(C)C)NC(=O)[C@H](CCC(N)=O)NC(=O)[C@H](CC(C)C)NC(=O)[C@@H]1CCCN1C(=O)[C@@H](N)C(C)C)C(=O)O. The third-order valence-corrected chi connectivity index (χ3v) is 11.8. The van der Waals surface area contributed by atoms with Gasteiger partial charge in [0.05, 0.1) is 6.04 Å². The van der Waals surface area contributed by atoms with Gasteiger partial charge in [-0.2, -0.15) is 0 Å². The molecule has 0 aromatic carbocycles. The summed E-state index contributed by atoms with van der Waals surface area (Å²) >= 11 is 0. The van der Waals surface area contributed by atoms with Crippen LogP contribution >= 0.6 is 0 Å². The van der Waals surface area contributed by atoms with Gasteiger partial charge in [0, 0.05) is 26.1 Å². The molecule has 3 heterocycles. The van der Waals surface area contributed by atoms with Crippen LogP contribution in [0.25, 0.3) is 0 Å². The van der Waals surface area contributed by atoms with Gasteiger partial charge in [0.2, 0.25) is 47.3 Å². The van der Waals surface area contributed by atoms with Crippen LogP contribution in [0.5, 0.6) is 0 Å². The first-order valence-electron chi connectivity index (χ1n) is 22.4. The summed E-state index contributed by atoms with van der Waals surface area (Å²) < 4.78 is 0. The molecule has 0 bridgehead atoms. The summed E-state index contributed by atoms with van der Waals surface area (Å²) in [5.74, 6) is -6.10. The van der Waals surface area contributed by atoms with Crippen molar-refractivity contribution in [3.05, 3.63) is 0 Å². The van der Waals surface area contributed by atoms with E-state index in [1.54, 1.807) is 0 Å². The summed E-state index contributed by atoms with van der Waals surface area (Å²) in [4.78, 5) is 125. The van der Waals surface area contributed by atoms with Gasteiger partial charge in [0.1, 0.15) is 42.3 Å². The molecule has 19 nitrogen and oxygen atoms in total. The Labute approximate surface area is 365 Å². The van der Waals surface area contributed by atoms with Gasteiger partial charge in [-0.05, 0) is 87.9 Å². The molecular formula is C43H73N9O10. The highest BCUT2D eigenvalue weighted by Gasteiger charge is 2.45. The van der Waals surface area contributed by atoms with E-state index in [1.807, 2.05) is 55.4 Å². The van der Waals surface area contributed by atoms with Crippen LogP contribution in [0.1, 0.15) is 126 Å². The fraction of sp³-hybridized carbons (Fsp3) is 0.791. The molecule has 8 amide bonds. The highest BCUT2D eigenvalue weighted by molar-refractivity contribution is 5.98. The van der Waals surface area contributed by atoms with Crippen molar-refractivity contribution in [1.29, 1.82) is 0 Å². The van der Waals surface area contributed by atoms with Gasteiger partial charge in [0.15, 0.2) is 0 Å². The first kappa shape index (κ1) is 51.5. The minimum atomic E-state index is -1.34. The molecule has 3 saturated heterocycles. The minimum absolute atomic E-state index is 0.00123. The topological polar surface area (TPSA) is 284 Å². The summed E-state index contributed by atoms with van der Waals surface area (Å²) in [5, 5.41) is 20.5. The van der Waals surface area contributed by atoms with E-state index in [9.17, 15) is 48.3 Å². The fourth-order valence-electron chi connectivity index (χ4n) is 8.49. The molecule has 3 fully saturated rings. The highest BCUT2D eigenvalue weighted by atomic mass is 16.4. The van der Waals surface area contributed by atoms with Crippen molar-refractivity contribution in [3.63, 3.8) is 0 Å². The van der Waals surface area contributed by atoms with Gasteiger partial charge in [-0.25, -0.2) is 4.79 Å². The molecule has 62 heavy (non-hydrogen) atoms. The summed E-state index contributed by atoms with van der Waals surface area (Å²) in [6.45, 7) is 15.6. The second-order valence-electron chi connectivity index (χ2n) is 18.8. The maximum absolute atomic E-state index is 14.4. The van der Waals surface area contributed by atoms with Crippen molar-refractivity contribution >= 4 is 53.2 Å². The minimum Gasteiger partial charge on any atom is -0.480 e. The van der Waals surface area contributed by atoms with Gasteiger partial charge in [-0.1, -0.05) is 55.4 Å². The van der Waals surface area contributed by atoms with E-state index in [0.29, 0.717) is 45.1 Å². The smallest absolute Gasteiger partial charge is 0.326 e. The molecule has 3 aliphatic rings. The Balaban J connectivity index is 1.80. The number of rotatable bonds is 22. The van der Waals surface area contributed by atoms with Crippen molar-refractivity contribution in [2.24, 2.45) is 35.1 Å². The number of amides is 8. The van der Waals surface area contributed by atoms with Gasteiger partial charge < -0.3 is 52.5 Å². The molecule has 0 spiro atoms. The molecule has 0 unspecified atom stereocenters. The van der Waals surface area contributed by atoms with E-state index in [-0.39, 0.29) is 74.8 Å². The zero-order chi connectivity index (χ0) is 46.6. The van der Waals surface area contributed by atoms with Crippen molar-refractivity contribution in [1.82, 2.24) is 36.0 Å². The van der Waals surface area contributed by atoms with Crippen LogP contribution in [0.3, 0.4) is 0 Å². The average Bonchev–Trinajstić information content (AvgIpc) is 3.98. The monoisotopic (exact) mass is 876 g/mol. The number of nitrogens with two attached hydrogens (primary N) is 2. The van der Waals surface area contributed by atoms with Crippen LogP contribution in [-0.4, -0.2) is 141 Å². The third-order valence-electron chi connectivity index (χ3n) is 11.8. The number of hydrogen-bond acceptors (Lipinski definition) is 10. The van der Waals surface area contributed by atoms with Crippen LogP contribution in [-0.2, 0) is 43.2 Å². The molecular weight excluding hydrogens is 803 g/mol. The lowest BCUT2D eigenvalue weighted by molar-refractivity contribution is -0.149. The third kappa shape index (κ3) is 14.4. The molecule has 350 valence electrons. The van der Waals surface area contributed by atoms with Gasteiger partial charge >= 0.3 is 5.97 Å². The first-order valence-corrected chi connectivity index (χ1v) is 22.4. The van der Waals surface area contributed by atoms with Crippen LogP contribution < -0.4 is 32.7 Å². The maximum Gasteiger partial charge on any atom is 0.326 e. The van der Waals surface area contributed by atoms with E-state index in [0.717, 1.165) is 0 Å². The van der Waals surface area contributed by atoms with E-state index >= 15 is 0 Å². The van der Waals surface area contributed by atoms with Gasteiger partial charge in [-0.3, -0.25) is 38.4 Å². The number of carboxylic acids is 1. The maximum atomic E-state index is 14.4. The van der Waals surface area contributed by atoms with Crippen molar-refractivity contribution < 1.29 is 48.3 Å². The fourth-order valence-corrected chi connectivity index (χ4v) is 8.49. The van der Waals surface area contributed by atoms with Crippen molar-refractivity contribution in [3.8, 4) is 0 Å². The Hall–Kier alpha value is -4.81. The lowest BCUT2D eigenvalue weighted by Gasteiger charge is -2.34. The largest absolute Gasteiger partial charge is 0.480 e. The number of nitrogens with one attached hydrogen (secondary N) is 4. The van der Waals surface area contributed by atoms with E-state index in [4.69, 9.17) is 11.5 Å². The quantitative estimate of drug-likeness (QED) is 0.0780. The predicted molar refractivity (Wildman–Crippen MR) is 229 cm³/mol. The van der Waals surface area contributed by atoms with Gasteiger partial charge in [0.25, 0.3) is 0 Å². The number of aliphatic carboxylic acids is 1. The summed E-state index contributed by atoms with van der Waals surface area (Å²) in [5.41, 5.74) is 11.6. The zero-order valence-corrected chi connectivity index (χ0v) is 37.9. The predicted octanol–water partition coefficient (Wildman–Crippen LogP) is 0.370. The van der Waals surface area contributed by atoms with E-state index in [2.05, 4.69) is 21.3 Å². The first-order chi connectivity index (χ1) is 29.0. The number of likely N-dealkylation sites (tertiary alicyclic amines) is 3. The highest BCUT2D eigenvalue weighted by Crippen LogP contribution is 2.27. The number of hydrogen-bond donors (Lipinski definition) is 7. The number of primary amides is 1. The second-order valence-corrected chi connectivity index (χ2v) is 18.8. The number of carboxylic acid groups (broad SMARTS) is 1. The number of carbonyl (C=O) groups is 9. The van der Waals surface area contributed by atoms with Crippen molar-refractivity contribution in [2.45, 2.75) is 174 Å². The Morgan fingerprint density at radius 3 is 1.48 bits per heavy atom. The Morgan fingerprint density at radius 1 is 0.565 bits per heavy atom. The van der Waals surface area contributed by atoms with Crippen LogP contribution in [0, 0.1) is 23.7 Å². The number of carbonyl (C=O) groups excluding carboxylic acids is 8. The summed E-state index contributed by atoms with van der Waals surface area (Å²) in [6, 6.07) is -8.17. The van der Waals surface area contributed by atoms with Crippen LogP contribution in [0.4, 0.5) is 0 Å². The lowest BCUT2D eigenvalue weighted by Crippen LogP contribution is -2.60. The molecule has 3 aliphatic heterocycles. The molecule has 0 aromatic rings. The van der Waals surface area contributed by atoms with Crippen molar-refractivity contribution in [2.75, 3.05) is 19.6 Å². The number of nitrogens with zero attached hydrogens (tertiary/aromatic N) is 3. The molecule has 19 heteroatoms. The normalized spacial score (nSPS) is 21.4. The summed E-state index contributed by atoms with van der Waals surface area (Å²) in [7, 11) is 0. The Bertz CT molecular complexity index is 1640. The second kappa shape index (κ2) is 23.6. The average molecular weight is 876 g/mol. The summed E-state index contributed by atoms with van der Waals surface area (Å²) in [6.07, 6.45) is 2.71. The van der Waals surface area contributed by atoms with Crippen LogP contribution in [0.15, 0.2) is 0 Å². The molecule has 3 rings (SSSR count). The molecule has 9 N–H and O–H groups in total. The standard InChI is InChI=1S/C43H73N9O10/c1-23(2)20-28(47-38(56)32-13-10-18-51(32)42(60)35(45)26(7)8)37(55)46-27(15-16-34(44)53)36(54)48-29(21-24(3)4)40(58)52-19-11-14-33(52)41(59)50-17-9-12-31(50)39(57)49-30(43(61)62)22-25(5)6/h23-33,35H,9-22,45H2,1-8H3,(H2,44,53)(H,46,55)(H,47,56)(H,48,54)(H,49,57)(H,61,62)/t27-,28-,29-,30-,31-,32-,33-,35-/m0/s1. The van der Waals surface area contributed by atoms with Gasteiger partial charge in [-0.15, -0.1) is 0 Å². The molecule has 0 saturated carbocycles. The Morgan fingerprint density at radius 2 is 0.984 bits per heavy atom. The molecule has 0 radical (unpaired) electrons. The lowest BCUT2D eigenvalue weighted by atomic mass is 9.99.